The summed E-state index contributed by atoms with van der Waals surface area (Å²) in [5, 5.41) is 0. The molecule has 1 aliphatic rings. The van der Waals surface area contributed by atoms with E-state index in [1.54, 1.807) is 0 Å². The van der Waals surface area contributed by atoms with Crippen LogP contribution in [0.1, 0.15) is 23.6 Å². The Balaban J connectivity index is 1.92. The van der Waals surface area contributed by atoms with Crippen molar-refractivity contribution in [2.75, 3.05) is 16.3 Å². The van der Waals surface area contributed by atoms with Crippen molar-refractivity contribution < 1.29 is 14.0 Å². The van der Waals surface area contributed by atoms with Crippen molar-refractivity contribution in [3.05, 3.63) is 101 Å². The maximum Gasteiger partial charge on any atom is 0.282 e. The summed E-state index contributed by atoms with van der Waals surface area (Å²) in [5.74, 6) is -1.26. The Labute approximate surface area is 181 Å². The molecule has 0 saturated carbocycles. The SMILES string of the molecule is CCN(C1=C(c2ccc(C)c(C)c2)C(=O)N(c2ccc(F)cc2)C1=O)c1ccccc1. The summed E-state index contributed by atoms with van der Waals surface area (Å²) in [4.78, 5) is 30.2. The number of benzene rings is 3. The van der Waals surface area contributed by atoms with Gasteiger partial charge in [0.2, 0.25) is 0 Å². The van der Waals surface area contributed by atoms with E-state index in [0.29, 0.717) is 29.1 Å². The van der Waals surface area contributed by atoms with E-state index < -0.39 is 17.6 Å². The minimum atomic E-state index is -0.426. The highest BCUT2D eigenvalue weighted by Gasteiger charge is 2.42. The number of hydrogen-bond acceptors (Lipinski definition) is 3. The molecule has 0 aliphatic carbocycles. The van der Waals surface area contributed by atoms with E-state index >= 15 is 0 Å². The predicted octanol–water partition coefficient (Wildman–Crippen LogP) is 5.25. The number of carbonyl (C=O) groups is 2. The fourth-order valence-electron chi connectivity index (χ4n) is 3.83. The van der Waals surface area contributed by atoms with Crippen LogP contribution in [0.25, 0.3) is 5.57 Å². The standard InChI is InChI=1S/C26H23FN2O2/c1-4-28(21-8-6-5-7-9-21)24-23(19-11-10-17(2)18(3)16-19)25(30)29(26(24)31)22-14-12-20(27)13-15-22/h5-16H,4H2,1-3H3. The molecule has 4 nitrogen and oxygen atoms in total. The Morgan fingerprint density at radius 2 is 1.52 bits per heavy atom. The molecule has 31 heavy (non-hydrogen) atoms. The summed E-state index contributed by atoms with van der Waals surface area (Å²) >= 11 is 0. The van der Waals surface area contributed by atoms with Gasteiger partial charge in [-0.2, -0.15) is 0 Å². The summed E-state index contributed by atoms with van der Waals surface area (Å²) in [6, 6.07) is 20.7. The van der Waals surface area contributed by atoms with Gasteiger partial charge in [0, 0.05) is 12.2 Å². The van der Waals surface area contributed by atoms with E-state index in [4.69, 9.17) is 0 Å². The first-order chi connectivity index (χ1) is 14.9. The largest absolute Gasteiger partial charge is 0.337 e. The molecule has 0 bridgehead atoms. The molecule has 0 unspecified atom stereocenters. The number of halogens is 1. The quantitative estimate of drug-likeness (QED) is 0.535. The second kappa shape index (κ2) is 8.19. The van der Waals surface area contributed by atoms with Crippen molar-refractivity contribution in [1.29, 1.82) is 0 Å². The van der Waals surface area contributed by atoms with Gasteiger partial charge in [0.25, 0.3) is 11.8 Å². The van der Waals surface area contributed by atoms with Gasteiger partial charge in [0.1, 0.15) is 11.5 Å². The Kier molecular flexibility index (Phi) is 5.42. The number of carbonyl (C=O) groups excluding carboxylic acids is 2. The molecule has 3 aromatic carbocycles. The molecule has 1 heterocycles. The normalized spacial score (nSPS) is 13.9. The van der Waals surface area contributed by atoms with Crippen LogP contribution >= 0.6 is 0 Å². The molecular weight excluding hydrogens is 391 g/mol. The van der Waals surface area contributed by atoms with Crippen LogP contribution in [0.4, 0.5) is 15.8 Å². The van der Waals surface area contributed by atoms with Crippen LogP contribution in [0.3, 0.4) is 0 Å². The number of amides is 2. The molecule has 0 saturated heterocycles. The molecule has 3 aromatic rings. The van der Waals surface area contributed by atoms with E-state index in [9.17, 15) is 14.0 Å². The van der Waals surface area contributed by atoms with E-state index in [1.165, 1.54) is 24.3 Å². The van der Waals surface area contributed by atoms with Gasteiger partial charge in [0.05, 0.1) is 11.3 Å². The van der Waals surface area contributed by atoms with E-state index in [0.717, 1.165) is 21.7 Å². The van der Waals surface area contributed by atoms with Crippen LogP contribution in [0.5, 0.6) is 0 Å². The highest BCUT2D eigenvalue weighted by atomic mass is 19.1. The zero-order chi connectivity index (χ0) is 22.1. The summed E-state index contributed by atoms with van der Waals surface area (Å²) in [6.45, 7) is 6.43. The molecule has 1 aliphatic heterocycles. The maximum absolute atomic E-state index is 13.6. The van der Waals surface area contributed by atoms with Crippen LogP contribution in [0.15, 0.2) is 78.5 Å². The molecule has 0 radical (unpaired) electrons. The zero-order valence-electron chi connectivity index (χ0n) is 17.7. The lowest BCUT2D eigenvalue weighted by atomic mass is 9.99. The van der Waals surface area contributed by atoms with E-state index in [2.05, 4.69) is 0 Å². The van der Waals surface area contributed by atoms with Gasteiger partial charge in [-0.05, 0) is 73.9 Å². The first-order valence-electron chi connectivity index (χ1n) is 10.2. The molecular formula is C26H23FN2O2. The molecule has 156 valence electrons. The molecule has 4 rings (SSSR count). The minimum Gasteiger partial charge on any atom is -0.337 e. The molecule has 0 spiro atoms. The maximum atomic E-state index is 13.6. The van der Waals surface area contributed by atoms with Crippen LogP contribution in [-0.2, 0) is 9.59 Å². The van der Waals surface area contributed by atoms with Gasteiger partial charge in [-0.25, -0.2) is 9.29 Å². The smallest absolute Gasteiger partial charge is 0.282 e. The van der Waals surface area contributed by atoms with Crippen molar-refractivity contribution in [2.45, 2.75) is 20.8 Å². The van der Waals surface area contributed by atoms with Crippen molar-refractivity contribution >= 4 is 28.8 Å². The monoisotopic (exact) mass is 414 g/mol. The highest BCUT2D eigenvalue weighted by molar-refractivity contribution is 6.46. The van der Waals surface area contributed by atoms with Gasteiger partial charge in [0.15, 0.2) is 0 Å². The highest BCUT2D eigenvalue weighted by Crippen LogP contribution is 2.37. The first kappa shape index (κ1) is 20.5. The average molecular weight is 414 g/mol. The molecule has 0 atom stereocenters. The number of imide groups is 1. The van der Waals surface area contributed by atoms with Gasteiger partial charge < -0.3 is 4.90 Å². The lowest BCUT2D eigenvalue weighted by molar-refractivity contribution is -0.120. The number of aryl methyl sites for hydroxylation is 2. The summed E-state index contributed by atoms with van der Waals surface area (Å²) < 4.78 is 13.5. The molecule has 0 N–H and O–H groups in total. The van der Waals surface area contributed by atoms with E-state index in [-0.39, 0.29) is 0 Å². The number of rotatable bonds is 5. The molecule has 0 aromatic heterocycles. The molecule has 0 fully saturated rings. The Hall–Kier alpha value is -3.73. The number of anilines is 2. The topological polar surface area (TPSA) is 40.6 Å². The fraction of sp³-hybridized carbons (Fsp3) is 0.154. The lowest BCUT2D eigenvalue weighted by Crippen LogP contribution is -2.35. The third-order valence-corrected chi connectivity index (χ3v) is 5.59. The summed E-state index contributed by atoms with van der Waals surface area (Å²) in [7, 11) is 0. The predicted molar refractivity (Wildman–Crippen MR) is 121 cm³/mol. The molecule has 2 amide bonds. The Bertz CT molecular complexity index is 1180. The Morgan fingerprint density at radius 3 is 2.13 bits per heavy atom. The lowest BCUT2D eigenvalue weighted by Gasteiger charge is -2.25. The van der Waals surface area contributed by atoms with Crippen LogP contribution < -0.4 is 9.80 Å². The van der Waals surface area contributed by atoms with Gasteiger partial charge in [-0.1, -0.05) is 36.4 Å². The van der Waals surface area contributed by atoms with Crippen LogP contribution in [0.2, 0.25) is 0 Å². The number of para-hydroxylation sites is 1. The van der Waals surface area contributed by atoms with Gasteiger partial charge in [-0.3, -0.25) is 9.59 Å². The Morgan fingerprint density at radius 1 is 0.839 bits per heavy atom. The van der Waals surface area contributed by atoms with E-state index in [1.807, 2.05) is 74.2 Å². The van der Waals surface area contributed by atoms with Crippen molar-refractivity contribution in [1.82, 2.24) is 0 Å². The first-order valence-corrected chi connectivity index (χ1v) is 10.2. The van der Waals surface area contributed by atoms with Gasteiger partial charge >= 0.3 is 0 Å². The third kappa shape index (κ3) is 3.63. The third-order valence-electron chi connectivity index (χ3n) is 5.59. The fourth-order valence-corrected chi connectivity index (χ4v) is 3.83. The number of nitrogens with zero attached hydrogens (tertiary/aromatic N) is 2. The number of hydrogen-bond donors (Lipinski definition) is 0. The van der Waals surface area contributed by atoms with Crippen LogP contribution in [-0.4, -0.2) is 18.4 Å². The van der Waals surface area contributed by atoms with Crippen molar-refractivity contribution in [3.63, 3.8) is 0 Å². The number of likely N-dealkylation sites (N-methyl/N-ethyl adjacent to an activating group) is 1. The van der Waals surface area contributed by atoms with Gasteiger partial charge in [-0.15, -0.1) is 0 Å². The van der Waals surface area contributed by atoms with Crippen molar-refractivity contribution in [2.24, 2.45) is 0 Å². The average Bonchev–Trinajstić information content (AvgIpc) is 3.02. The second-order valence-corrected chi connectivity index (χ2v) is 7.52. The summed E-state index contributed by atoms with van der Waals surface area (Å²) in [6.07, 6.45) is 0. The van der Waals surface area contributed by atoms with Crippen molar-refractivity contribution in [3.8, 4) is 0 Å². The summed E-state index contributed by atoms with van der Waals surface area (Å²) in [5.41, 5.74) is 4.67. The molecule has 5 heteroatoms. The zero-order valence-corrected chi connectivity index (χ0v) is 17.7. The minimum absolute atomic E-state index is 0.325. The van der Waals surface area contributed by atoms with Crippen LogP contribution in [0, 0.1) is 19.7 Å². The second-order valence-electron chi connectivity index (χ2n) is 7.52.